The van der Waals surface area contributed by atoms with Crippen LogP contribution in [0.1, 0.15) is 0 Å². The molecule has 2 nitrogen and oxygen atoms in total. The average Bonchev–Trinajstić information content (AvgIpc) is 2.56. The first-order chi connectivity index (χ1) is 6.45. The Bertz CT molecular complexity index is 521. The van der Waals surface area contributed by atoms with Crippen LogP contribution in [0.3, 0.4) is 0 Å². The Hall–Kier alpha value is -1.18. The fourth-order valence-electron chi connectivity index (χ4n) is 1.43. The molecule has 0 N–H and O–H groups in total. The Morgan fingerprint density at radius 3 is 2.85 bits per heavy atom. The molecule has 3 aromatic rings. The van der Waals surface area contributed by atoms with Gasteiger partial charge in [-0.15, -0.1) is 0 Å². The summed E-state index contributed by atoms with van der Waals surface area (Å²) in [7, 11) is 0. The number of aromatic nitrogens is 2. The third-order valence-corrected chi connectivity index (χ3v) is 4.24. The fourth-order valence-corrected chi connectivity index (χ4v) is 3.53. The predicted molar refractivity (Wildman–Crippen MR) is 54.0 cm³/mol. The van der Waals surface area contributed by atoms with E-state index in [1.54, 1.807) is 0 Å². The van der Waals surface area contributed by atoms with Crippen LogP contribution in [-0.2, 0) is 0 Å². The van der Waals surface area contributed by atoms with E-state index >= 15 is 0 Å². The Morgan fingerprint density at radius 1 is 1.00 bits per heavy atom. The monoisotopic (exact) mass is 234 g/mol. The molecule has 3 heteroatoms. The topological polar surface area (TPSA) is 25.8 Å². The van der Waals surface area contributed by atoms with Crippen molar-refractivity contribution in [1.29, 1.82) is 0 Å². The van der Waals surface area contributed by atoms with Crippen molar-refractivity contribution in [3.8, 4) is 0 Å². The van der Waals surface area contributed by atoms with Gasteiger partial charge in [0.05, 0.1) is 0 Å². The van der Waals surface area contributed by atoms with E-state index < -0.39 is 0 Å². The molecule has 0 aromatic carbocycles. The van der Waals surface area contributed by atoms with E-state index in [1.165, 1.54) is 14.0 Å². The van der Waals surface area contributed by atoms with Crippen molar-refractivity contribution in [1.82, 2.24) is 9.97 Å². The second-order valence-corrected chi connectivity index (χ2v) is 4.97. The fraction of sp³-hybridized carbons (Fsp3) is 0. The normalized spacial score (nSPS) is 11.1. The first-order valence-electron chi connectivity index (χ1n) is 4.03. The summed E-state index contributed by atoms with van der Waals surface area (Å²) in [5.74, 6) is 0. The van der Waals surface area contributed by atoms with Crippen LogP contribution in [-0.4, -0.2) is 24.5 Å². The van der Waals surface area contributed by atoms with E-state index in [0.29, 0.717) is 14.5 Å². The van der Waals surface area contributed by atoms with Gasteiger partial charge in [-0.2, -0.15) is 0 Å². The zero-order valence-corrected chi connectivity index (χ0v) is 8.48. The third kappa shape index (κ3) is 1.01. The van der Waals surface area contributed by atoms with Crippen molar-refractivity contribution in [3.63, 3.8) is 0 Å². The van der Waals surface area contributed by atoms with Crippen LogP contribution in [0.15, 0.2) is 36.7 Å². The Balaban J connectivity index is 2.64. The molecular formula is C10H6N2Se. The molecule has 0 spiro atoms. The summed E-state index contributed by atoms with van der Waals surface area (Å²) in [4.78, 5) is 8.74. The van der Waals surface area contributed by atoms with Crippen LogP contribution in [0.4, 0.5) is 0 Å². The van der Waals surface area contributed by atoms with Crippen LogP contribution >= 0.6 is 0 Å². The van der Waals surface area contributed by atoms with Gasteiger partial charge in [-0.05, 0) is 0 Å². The predicted octanol–water partition coefficient (Wildman–Crippen LogP) is 1.84. The van der Waals surface area contributed by atoms with Gasteiger partial charge < -0.3 is 0 Å². The summed E-state index contributed by atoms with van der Waals surface area (Å²) in [5.41, 5.74) is 1.13. The maximum absolute atomic E-state index is 4.38. The zero-order valence-electron chi connectivity index (χ0n) is 6.77. The van der Waals surface area contributed by atoms with Gasteiger partial charge in [-0.3, -0.25) is 0 Å². The second kappa shape index (κ2) is 2.66. The molecule has 0 saturated heterocycles. The summed E-state index contributed by atoms with van der Waals surface area (Å²) >= 11 is 0.361. The van der Waals surface area contributed by atoms with E-state index in [4.69, 9.17) is 0 Å². The van der Waals surface area contributed by atoms with Gasteiger partial charge in [0.15, 0.2) is 0 Å². The molecule has 0 aliphatic carbocycles. The van der Waals surface area contributed by atoms with E-state index in [-0.39, 0.29) is 0 Å². The van der Waals surface area contributed by atoms with E-state index in [1.807, 2.05) is 24.5 Å². The Labute approximate surface area is 81.0 Å². The molecule has 0 bridgehead atoms. The van der Waals surface area contributed by atoms with Gasteiger partial charge in [0.1, 0.15) is 0 Å². The maximum atomic E-state index is 4.38. The molecule has 0 atom stereocenters. The SMILES string of the molecule is c1cnc2c(c1)[se]c1ncccc12. The summed E-state index contributed by atoms with van der Waals surface area (Å²) in [6.07, 6.45) is 3.70. The van der Waals surface area contributed by atoms with E-state index in [2.05, 4.69) is 22.1 Å². The molecule has 3 aromatic heterocycles. The van der Waals surface area contributed by atoms with Gasteiger partial charge in [-0.25, -0.2) is 0 Å². The molecule has 0 amide bonds. The molecule has 0 fully saturated rings. The molecule has 62 valence electrons. The van der Waals surface area contributed by atoms with Crippen molar-refractivity contribution in [2.24, 2.45) is 0 Å². The molecule has 0 unspecified atom stereocenters. The van der Waals surface area contributed by atoms with Crippen LogP contribution in [0.25, 0.3) is 19.6 Å². The average molecular weight is 233 g/mol. The minimum atomic E-state index is 0.361. The van der Waals surface area contributed by atoms with Crippen LogP contribution in [0.5, 0.6) is 0 Å². The number of fused-ring (bicyclic) bond motifs is 3. The van der Waals surface area contributed by atoms with Gasteiger partial charge in [-0.1, -0.05) is 0 Å². The second-order valence-electron chi connectivity index (χ2n) is 2.81. The minimum absolute atomic E-state index is 0.361. The van der Waals surface area contributed by atoms with Crippen molar-refractivity contribution < 1.29 is 0 Å². The number of nitrogens with zero attached hydrogens (tertiary/aromatic N) is 2. The van der Waals surface area contributed by atoms with Gasteiger partial charge in [0, 0.05) is 0 Å². The summed E-state index contributed by atoms with van der Waals surface area (Å²) in [6, 6.07) is 8.21. The molecular weight excluding hydrogens is 227 g/mol. The Morgan fingerprint density at radius 2 is 1.85 bits per heavy atom. The number of hydrogen-bond acceptors (Lipinski definition) is 2. The molecule has 3 rings (SSSR count). The van der Waals surface area contributed by atoms with Gasteiger partial charge in [0.25, 0.3) is 0 Å². The van der Waals surface area contributed by atoms with Gasteiger partial charge in [0.2, 0.25) is 0 Å². The van der Waals surface area contributed by atoms with Crippen molar-refractivity contribution in [3.05, 3.63) is 36.7 Å². The van der Waals surface area contributed by atoms with Crippen molar-refractivity contribution in [2.75, 3.05) is 0 Å². The first kappa shape index (κ1) is 7.24. The summed E-state index contributed by atoms with van der Waals surface area (Å²) in [6.45, 7) is 0. The van der Waals surface area contributed by atoms with E-state index in [9.17, 15) is 0 Å². The van der Waals surface area contributed by atoms with Crippen LogP contribution < -0.4 is 0 Å². The number of hydrogen-bond donors (Lipinski definition) is 0. The number of rotatable bonds is 0. The molecule has 0 radical (unpaired) electrons. The van der Waals surface area contributed by atoms with Crippen molar-refractivity contribution in [2.45, 2.75) is 0 Å². The summed E-state index contributed by atoms with van der Waals surface area (Å²) in [5, 5.41) is 1.22. The van der Waals surface area contributed by atoms with Crippen LogP contribution in [0, 0.1) is 0 Å². The molecule has 13 heavy (non-hydrogen) atoms. The molecule has 0 aliphatic rings. The third-order valence-electron chi connectivity index (χ3n) is 2.00. The standard InChI is InChI=1S/C10H6N2Se/c1-3-7-9-8(4-2-5-11-9)13-10(7)12-6-1/h1-6H. The quantitative estimate of drug-likeness (QED) is 0.554. The Kier molecular flexibility index (Phi) is 1.48. The molecule has 0 saturated carbocycles. The zero-order chi connectivity index (χ0) is 8.67. The van der Waals surface area contributed by atoms with E-state index in [0.717, 1.165) is 5.52 Å². The first-order valence-corrected chi connectivity index (χ1v) is 5.75. The molecule has 3 heterocycles. The number of pyridine rings is 2. The van der Waals surface area contributed by atoms with Crippen molar-refractivity contribution >= 4 is 34.1 Å². The van der Waals surface area contributed by atoms with Crippen LogP contribution in [0.2, 0.25) is 0 Å². The van der Waals surface area contributed by atoms with Gasteiger partial charge >= 0.3 is 80.7 Å². The summed E-state index contributed by atoms with van der Waals surface area (Å²) < 4.78 is 2.56. The molecule has 0 aliphatic heterocycles.